The van der Waals surface area contributed by atoms with Gasteiger partial charge in [0.1, 0.15) is 0 Å². The van der Waals surface area contributed by atoms with Crippen LogP contribution in [0.15, 0.2) is 17.5 Å². The second-order valence-electron chi connectivity index (χ2n) is 4.31. The minimum absolute atomic E-state index is 0. The molecule has 1 saturated heterocycles. The topological polar surface area (TPSA) is 58.2 Å². The number of thiophene rings is 1. The summed E-state index contributed by atoms with van der Waals surface area (Å²) in [5.41, 5.74) is 0. The summed E-state index contributed by atoms with van der Waals surface area (Å²) in [6.07, 6.45) is 2.58. The Bertz CT molecular complexity index is 428. The molecule has 7 heteroatoms. The van der Waals surface area contributed by atoms with Crippen molar-refractivity contribution in [2.75, 3.05) is 18.8 Å². The van der Waals surface area contributed by atoms with Crippen molar-refractivity contribution in [2.24, 2.45) is 0 Å². The third-order valence-corrected chi connectivity index (χ3v) is 5.21. The average molecular weight is 311 g/mol. The van der Waals surface area contributed by atoms with E-state index in [1.54, 1.807) is 11.3 Å². The first-order valence-corrected chi connectivity index (χ1v) is 8.42. The van der Waals surface area contributed by atoms with Crippen LogP contribution in [0.4, 0.5) is 0 Å². The number of rotatable bonds is 5. The number of aryl methyl sites for hydroxylation is 1. The molecular formula is C11H19ClN2O2S2. The molecule has 0 aromatic carbocycles. The second kappa shape index (κ2) is 7.45. The first kappa shape index (κ1) is 15.9. The van der Waals surface area contributed by atoms with Gasteiger partial charge in [0.2, 0.25) is 10.0 Å². The summed E-state index contributed by atoms with van der Waals surface area (Å²) in [5.74, 6) is 0.185. The van der Waals surface area contributed by atoms with Gasteiger partial charge in [-0.15, -0.1) is 23.7 Å². The maximum atomic E-state index is 11.9. The van der Waals surface area contributed by atoms with Crippen LogP contribution in [0.5, 0.6) is 0 Å². The van der Waals surface area contributed by atoms with Crippen molar-refractivity contribution in [1.29, 1.82) is 0 Å². The SMILES string of the molecule is Cl.O=S(=O)(CCc1cccs1)N[C@H]1CCCNC1. The second-order valence-corrected chi connectivity index (χ2v) is 7.22. The molecule has 2 heterocycles. The zero-order valence-corrected chi connectivity index (χ0v) is 12.5. The van der Waals surface area contributed by atoms with Gasteiger partial charge < -0.3 is 5.32 Å². The molecule has 0 spiro atoms. The highest BCUT2D eigenvalue weighted by Gasteiger charge is 2.19. The lowest BCUT2D eigenvalue weighted by Crippen LogP contribution is -2.46. The molecule has 1 aromatic rings. The molecule has 0 bridgehead atoms. The van der Waals surface area contributed by atoms with Crippen LogP contribution >= 0.6 is 23.7 Å². The summed E-state index contributed by atoms with van der Waals surface area (Å²) in [7, 11) is -3.14. The molecule has 0 radical (unpaired) electrons. The fourth-order valence-corrected chi connectivity index (χ4v) is 4.11. The molecule has 0 unspecified atom stereocenters. The molecule has 1 aromatic heterocycles. The smallest absolute Gasteiger partial charge is 0.212 e. The number of hydrogen-bond donors (Lipinski definition) is 2. The predicted molar refractivity (Wildman–Crippen MR) is 78.1 cm³/mol. The number of sulfonamides is 1. The van der Waals surface area contributed by atoms with E-state index in [1.165, 1.54) is 0 Å². The monoisotopic (exact) mass is 310 g/mol. The van der Waals surface area contributed by atoms with Crippen LogP contribution in [0, 0.1) is 0 Å². The van der Waals surface area contributed by atoms with Crippen LogP contribution in [0.2, 0.25) is 0 Å². The Kier molecular flexibility index (Phi) is 6.59. The van der Waals surface area contributed by atoms with Gasteiger partial charge in [-0.05, 0) is 37.3 Å². The molecule has 0 amide bonds. The standard InChI is InChI=1S/C11H18N2O2S2.ClH/c14-17(15,8-5-11-4-2-7-16-11)13-10-3-1-6-12-9-10;/h2,4,7,10,12-13H,1,3,5-6,8-9H2;1H/t10-;/m0./s1. The van der Waals surface area contributed by atoms with Crippen LogP contribution in [-0.4, -0.2) is 33.3 Å². The van der Waals surface area contributed by atoms with Crippen LogP contribution < -0.4 is 10.0 Å². The molecule has 4 nitrogen and oxygen atoms in total. The molecule has 2 rings (SSSR count). The van der Waals surface area contributed by atoms with E-state index in [4.69, 9.17) is 0 Å². The van der Waals surface area contributed by atoms with Crippen LogP contribution in [0.1, 0.15) is 17.7 Å². The lowest BCUT2D eigenvalue weighted by atomic mass is 10.1. The molecule has 1 atom stereocenters. The minimum Gasteiger partial charge on any atom is -0.315 e. The summed E-state index contributed by atoms with van der Waals surface area (Å²) in [5, 5.41) is 5.17. The van der Waals surface area contributed by atoms with Crippen LogP contribution in [0.25, 0.3) is 0 Å². The summed E-state index contributed by atoms with van der Waals surface area (Å²) in [6.45, 7) is 1.74. The minimum atomic E-state index is -3.14. The Hall–Kier alpha value is -0.140. The molecule has 0 saturated carbocycles. The molecule has 0 aliphatic carbocycles. The fraction of sp³-hybridized carbons (Fsp3) is 0.636. The van der Waals surface area contributed by atoms with Gasteiger partial charge in [0.15, 0.2) is 0 Å². The fourth-order valence-electron chi connectivity index (χ4n) is 1.96. The van der Waals surface area contributed by atoms with Crippen molar-refractivity contribution in [1.82, 2.24) is 10.0 Å². The van der Waals surface area contributed by atoms with Gasteiger partial charge >= 0.3 is 0 Å². The highest BCUT2D eigenvalue weighted by molar-refractivity contribution is 7.89. The summed E-state index contributed by atoms with van der Waals surface area (Å²) >= 11 is 1.61. The normalized spacial score (nSPS) is 20.3. The van der Waals surface area contributed by atoms with E-state index in [9.17, 15) is 8.42 Å². The Morgan fingerprint density at radius 3 is 2.94 bits per heavy atom. The van der Waals surface area contributed by atoms with E-state index in [0.29, 0.717) is 6.42 Å². The largest absolute Gasteiger partial charge is 0.315 e. The van der Waals surface area contributed by atoms with E-state index in [1.807, 2.05) is 17.5 Å². The van der Waals surface area contributed by atoms with E-state index in [0.717, 1.165) is 30.8 Å². The Morgan fingerprint density at radius 2 is 2.33 bits per heavy atom. The van der Waals surface area contributed by atoms with E-state index in [-0.39, 0.29) is 24.2 Å². The lowest BCUT2D eigenvalue weighted by Gasteiger charge is -2.23. The quantitative estimate of drug-likeness (QED) is 0.864. The van der Waals surface area contributed by atoms with Crippen molar-refractivity contribution < 1.29 is 8.42 Å². The molecule has 1 fully saturated rings. The van der Waals surface area contributed by atoms with E-state index in [2.05, 4.69) is 10.0 Å². The predicted octanol–water partition coefficient (Wildman–Crippen LogP) is 1.38. The van der Waals surface area contributed by atoms with Crippen molar-refractivity contribution in [3.05, 3.63) is 22.4 Å². The third kappa shape index (κ3) is 5.24. The highest BCUT2D eigenvalue weighted by Crippen LogP contribution is 2.10. The molecule has 18 heavy (non-hydrogen) atoms. The van der Waals surface area contributed by atoms with Crippen molar-refractivity contribution in [3.8, 4) is 0 Å². The molecular weight excluding hydrogens is 292 g/mol. The molecule has 1 aliphatic rings. The Morgan fingerprint density at radius 1 is 1.50 bits per heavy atom. The maximum Gasteiger partial charge on any atom is 0.212 e. The third-order valence-electron chi connectivity index (χ3n) is 2.84. The van der Waals surface area contributed by atoms with Gasteiger partial charge in [0.25, 0.3) is 0 Å². The van der Waals surface area contributed by atoms with Crippen LogP contribution in [-0.2, 0) is 16.4 Å². The first-order valence-electron chi connectivity index (χ1n) is 5.89. The maximum absolute atomic E-state index is 11.9. The van der Waals surface area contributed by atoms with E-state index >= 15 is 0 Å². The molecule has 2 N–H and O–H groups in total. The molecule has 104 valence electrons. The van der Waals surface area contributed by atoms with Crippen molar-refractivity contribution >= 4 is 33.8 Å². The highest BCUT2D eigenvalue weighted by atomic mass is 35.5. The van der Waals surface area contributed by atoms with Crippen molar-refractivity contribution in [2.45, 2.75) is 25.3 Å². The average Bonchev–Trinajstić information content (AvgIpc) is 2.80. The van der Waals surface area contributed by atoms with Gasteiger partial charge in [0, 0.05) is 17.5 Å². The summed E-state index contributed by atoms with van der Waals surface area (Å²) in [4.78, 5) is 1.12. The number of halogens is 1. The van der Waals surface area contributed by atoms with Gasteiger partial charge in [-0.1, -0.05) is 6.07 Å². The zero-order valence-electron chi connectivity index (χ0n) is 10.1. The van der Waals surface area contributed by atoms with Gasteiger partial charge in [0.05, 0.1) is 5.75 Å². The number of nitrogens with one attached hydrogen (secondary N) is 2. The Labute approximate surface area is 119 Å². The van der Waals surface area contributed by atoms with Crippen molar-refractivity contribution in [3.63, 3.8) is 0 Å². The summed E-state index contributed by atoms with van der Waals surface area (Å²) < 4.78 is 26.5. The number of piperidine rings is 1. The molecule has 1 aliphatic heterocycles. The number of hydrogen-bond acceptors (Lipinski definition) is 4. The lowest BCUT2D eigenvalue weighted by molar-refractivity contribution is 0.428. The first-order chi connectivity index (χ1) is 8.16. The summed E-state index contributed by atoms with van der Waals surface area (Å²) in [6, 6.07) is 3.99. The van der Waals surface area contributed by atoms with E-state index < -0.39 is 10.0 Å². The van der Waals surface area contributed by atoms with Crippen LogP contribution in [0.3, 0.4) is 0 Å². The zero-order chi connectivity index (χ0) is 12.1. The van der Waals surface area contributed by atoms with Gasteiger partial charge in [-0.3, -0.25) is 0 Å². The Balaban J connectivity index is 0.00000162. The van der Waals surface area contributed by atoms with Gasteiger partial charge in [-0.25, -0.2) is 13.1 Å². The van der Waals surface area contributed by atoms with Gasteiger partial charge in [-0.2, -0.15) is 0 Å².